The summed E-state index contributed by atoms with van der Waals surface area (Å²) in [6, 6.07) is 11.8. The number of Topliss-reactive ketones (excluding diaryl/α,β-unsaturated/α-hetero) is 1. The van der Waals surface area contributed by atoms with Gasteiger partial charge in [0.1, 0.15) is 11.5 Å². The van der Waals surface area contributed by atoms with Gasteiger partial charge in [0, 0.05) is 30.1 Å². The fourth-order valence-corrected chi connectivity index (χ4v) is 3.67. The molecule has 0 radical (unpaired) electrons. The van der Waals surface area contributed by atoms with Crippen molar-refractivity contribution < 1.29 is 24.7 Å². The highest BCUT2D eigenvalue weighted by atomic mass is 16.6. The van der Waals surface area contributed by atoms with E-state index in [0.29, 0.717) is 5.56 Å². The van der Waals surface area contributed by atoms with E-state index in [1.54, 1.807) is 31.2 Å². The predicted molar refractivity (Wildman–Crippen MR) is 115 cm³/mol. The van der Waals surface area contributed by atoms with Crippen molar-refractivity contribution in [3.8, 4) is 5.75 Å². The van der Waals surface area contributed by atoms with Crippen molar-refractivity contribution in [2.24, 2.45) is 0 Å². The number of phenols is 1. The molecule has 1 saturated heterocycles. The molecule has 0 spiro atoms. The number of phenolic OH excluding ortho intramolecular Hbond substituents is 1. The van der Waals surface area contributed by atoms with Crippen LogP contribution in [0.2, 0.25) is 0 Å². The minimum absolute atomic E-state index is 0.122. The molecule has 2 N–H and O–H groups in total. The summed E-state index contributed by atoms with van der Waals surface area (Å²) in [4.78, 5) is 41.5. The third-order valence-corrected chi connectivity index (χ3v) is 5.21. The average Bonchev–Trinajstić information content (AvgIpc) is 3.06. The second kappa shape index (κ2) is 7.95. The number of aliphatic hydroxyl groups is 1. The Morgan fingerprint density at radius 1 is 1.06 bits per heavy atom. The van der Waals surface area contributed by atoms with Crippen molar-refractivity contribution >= 4 is 28.8 Å². The maximum Gasteiger partial charge on any atom is 0.300 e. The fraction of sp³-hybridized carbons (Fsp3) is 0.0870. The second-order valence-corrected chi connectivity index (χ2v) is 7.25. The molecular weight excluding hydrogens is 414 g/mol. The maximum absolute atomic E-state index is 13.1. The van der Waals surface area contributed by atoms with Crippen LogP contribution in [0.5, 0.6) is 5.75 Å². The number of carbonyl (C=O) groups is 2. The molecule has 1 unspecified atom stereocenters. The molecule has 0 bridgehead atoms. The molecule has 9 nitrogen and oxygen atoms in total. The van der Waals surface area contributed by atoms with Gasteiger partial charge in [0.2, 0.25) is 0 Å². The van der Waals surface area contributed by atoms with Crippen molar-refractivity contribution in [3.05, 3.63) is 99.4 Å². The Morgan fingerprint density at radius 2 is 1.72 bits per heavy atom. The number of aromatic nitrogens is 1. The third-order valence-electron chi connectivity index (χ3n) is 5.21. The first-order chi connectivity index (χ1) is 15.3. The topological polar surface area (TPSA) is 134 Å². The van der Waals surface area contributed by atoms with Crippen LogP contribution in [0.3, 0.4) is 0 Å². The van der Waals surface area contributed by atoms with Gasteiger partial charge in [-0.1, -0.05) is 6.07 Å². The molecule has 1 amide bonds. The number of ketones is 1. The quantitative estimate of drug-likeness (QED) is 0.212. The van der Waals surface area contributed by atoms with Crippen LogP contribution in [0.4, 0.5) is 11.4 Å². The zero-order valence-electron chi connectivity index (χ0n) is 16.8. The number of aryl methyl sites for hydroxylation is 1. The molecular formula is C23H17N3O6. The first-order valence-electron chi connectivity index (χ1n) is 9.55. The number of aliphatic hydroxyl groups excluding tert-OH is 1. The predicted octanol–water partition coefficient (Wildman–Crippen LogP) is 3.63. The number of benzene rings is 2. The van der Waals surface area contributed by atoms with Crippen molar-refractivity contribution in [2.45, 2.75) is 13.0 Å². The van der Waals surface area contributed by atoms with Crippen LogP contribution >= 0.6 is 0 Å². The standard InChI is InChI=1S/C23H17N3O6/c1-13-2-7-18(27)17(12-13)25-20(14-8-10-24-11-9-14)19(22(29)23(25)30)21(28)15-3-5-16(6-4-15)26(31)32/h2-12,20,27-28H,1H3/b21-19-. The van der Waals surface area contributed by atoms with E-state index in [0.717, 1.165) is 10.5 Å². The highest BCUT2D eigenvalue weighted by Gasteiger charge is 2.47. The number of hydrogen-bond donors (Lipinski definition) is 2. The average molecular weight is 431 g/mol. The smallest absolute Gasteiger partial charge is 0.300 e. The monoisotopic (exact) mass is 431 g/mol. The lowest BCUT2D eigenvalue weighted by Gasteiger charge is -2.26. The van der Waals surface area contributed by atoms with E-state index in [1.165, 1.54) is 42.7 Å². The van der Waals surface area contributed by atoms with Gasteiger partial charge in [-0.15, -0.1) is 0 Å². The van der Waals surface area contributed by atoms with E-state index in [4.69, 9.17) is 0 Å². The number of aromatic hydroxyl groups is 1. The lowest BCUT2D eigenvalue weighted by molar-refractivity contribution is -0.384. The highest BCUT2D eigenvalue weighted by Crippen LogP contribution is 2.44. The summed E-state index contributed by atoms with van der Waals surface area (Å²) in [5.74, 6) is -2.54. The molecule has 1 aromatic heterocycles. The van der Waals surface area contributed by atoms with E-state index >= 15 is 0 Å². The van der Waals surface area contributed by atoms with Gasteiger partial charge in [-0.3, -0.25) is 29.6 Å². The number of nitro groups is 1. The van der Waals surface area contributed by atoms with Crippen LogP contribution < -0.4 is 4.90 Å². The molecule has 2 aromatic carbocycles. The number of nitrogens with zero attached hydrogens (tertiary/aromatic N) is 3. The largest absolute Gasteiger partial charge is 0.507 e. The Hall–Kier alpha value is -4.53. The first-order valence-corrected chi connectivity index (χ1v) is 9.55. The zero-order chi connectivity index (χ0) is 23.0. The summed E-state index contributed by atoms with van der Waals surface area (Å²) in [7, 11) is 0. The molecule has 9 heteroatoms. The Labute approximate surface area is 182 Å². The first kappa shape index (κ1) is 20.7. The number of rotatable bonds is 4. The summed E-state index contributed by atoms with van der Waals surface area (Å²) in [6.07, 6.45) is 2.97. The van der Waals surface area contributed by atoms with Crippen LogP contribution in [0, 0.1) is 17.0 Å². The minimum Gasteiger partial charge on any atom is -0.507 e. The fourth-order valence-electron chi connectivity index (χ4n) is 3.67. The van der Waals surface area contributed by atoms with Gasteiger partial charge in [-0.05, 0) is 54.4 Å². The maximum atomic E-state index is 13.1. The lowest BCUT2D eigenvalue weighted by atomic mass is 9.95. The number of nitro benzene ring substituents is 1. The summed E-state index contributed by atoms with van der Waals surface area (Å²) >= 11 is 0. The molecule has 1 aliphatic heterocycles. The molecule has 1 fully saturated rings. The Morgan fingerprint density at radius 3 is 2.34 bits per heavy atom. The Bertz CT molecular complexity index is 1270. The number of non-ortho nitro benzene ring substituents is 1. The zero-order valence-corrected chi connectivity index (χ0v) is 16.8. The minimum atomic E-state index is -1.04. The van der Waals surface area contributed by atoms with Gasteiger partial charge in [-0.2, -0.15) is 0 Å². The SMILES string of the molecule is Cc1ccc(O)c(N2C(=O)C(=O)/C(=C(\O)c3ccc([N+](=O)[O-])cc3)C2c2ccncc2)c1. The number of pyridine rings is 1. The number of anilines is 1. The van der Waals surface area contributed by atoms with Gasteiger partial charge in [-0.25, -0.2) is 0 Å². The molecule has 0 saturated carbocycles. The van der Waals surface area contributed by atoms with E-state index in [9.17, 15) is 29.9 Å². The van der Waals surface area contributed by atoms with Crippen LogP contribution in [0.15, 0.2) is 72.6 Å². The summed E-state index contributed by atoms with van der Waals surface area (Å²) < 4.78 is 0. The van der Waals surface area contributed by atoms with Crippen LogP contribution in [0.25, 0.3) is 5.76 Å². The van der Waals surface area contributed by atoms with E-state index in [-0.39, 0.29) is 28.3 Å². The van der Waals surface area contributed by atoms with Gasteiger partial charge in [0.25, 0.3) is 17.4 Å². The highest BCUT2D eigenvalue weighted by molar-refractivity contribution is 6.51. The Balaban J connectivity index is 1.94. The van der Waals surface area contributed by atoms with Crippen LogP contribution in [-0.4, -0.2) is 31.8 Å². The van der Waals surface area contributed by atoms with Crippen LogP contribution in [-0.2, 0) is 9.59 Å². The van der Waals surface area contributed by atoms with E-state index < -0.39 is 28.4 Å². The van der Waals surface area contributed by atoms with E-state index in [1.807, 2.05) is 0 Å². The van der Waals surface area contributed by atoms with Crippen molar-refractivity contribution in [1.82, 2.24) is 4.98 Å². The van der Waals surface area contributed by atoms with E-state index in [2.05, 4.69) is 4.98 Å². The molecule has 3 aromatic rings. The van der Waals surface area contributed by atoms with Gasteiger partial charge >= 0.3 is 0 Å². The van der Waals surface area contributed by atoms with Crippen molar-refractivity contribution in [2.75, 3.05) is 4.90 Å². The molecule has 0 aliphatic carbocycles. The van der Waals surface area contributed by atoms with Crippen molar-refractivity contribution in [1.29, 1.82) is 0 Å². The molecule has 1 atom stereocenters. The van der Waals surface area contributed by atoms with Gasteiger partial charge in [0.05, 0.1) is 22.2 Å². The van der Waals surface area contributed by atoms with Gasteiger partial charge < -0.3 is 10.2 Å². The normalized spacial score (nSPS) is 17.5. The molecule has 32 heavy (non-hydrogen) atoms. The van der Waals surface area contributed by atoms with Gasteiger partial charge in [0.15, 0.2) is 0 Å². The number of amides is 1. The van der Waals surface area contributed by atoms with Crippen LogP contribution in [0.1, 0.15) is 22.7 Å². The molecule has 160 valence electrons. The summed E-state index contributed by atoms with van der Waals surface area (Å²) in [6.45, 7) is 1.78. The number of carbonyl (C=O) groups excluding carboxylic acids is 2. The third kappa shape index (κ3) is 3.45. The lowest BCUT2D eigenvalue weighted by Crippen LogP contribution is -2.29. The second-order valence-electron chi connectivity index (χ2n) is 7.25. The number of hydrogen-bond acceptors (Lipinski definition) is 7. The summed E-state index contributed by atoms with van der Waals surface area (Å²) in [5, 5.41) is 32.3. The summed E-state index contributed by atoms with van der Waals surface area (Å²) in [5.41, 5.74) is 1.12. The molecule has 2 heterocycles. The molecule has 1 aliphatic rings. The Kier molecular flexibility index (Phi) is 5.15. The van der Waals surface area contributed by atoms with Crippen molar-refractivity contribution in [3.63, 3.8) is 0 Å². The molecule has 4 rings (SSSR count).